The summed E-state index contributed by atoms with van der Waals surface area (Å²) in [7, 11) is 1.23. The minimum Gasteiger partial charge on any atom is -0.465 e. The highest BCUT2D eigenvalue weighted by atomic mass is 35.5. The van der Waals surface area contributed by atoms with E-state index < -0.39 is 17.0 Å². The first-order valence-corrected chi connectivity index (χ1v) is 8.97. The first-order chi connectivity index (χ1) is 14.4. The lowest BCUT2D eigenvalue weighted by molar-refractivity contribution is -0.384. The number of nitrogens with one attached hydrogen (secondary N) is 1. The van der Waals surface area contributed by atoms with Crippen molar-refractivity contribution in [2.24, 2.45) is 0 Å². The highest BCUT2D eigenvalue weighted by molar-refractivity contribution is 6.33. The van der Waals surface area contributed by atoms with Gasteiger partial charge in [0.05, 0.1) is 23.3 Å². The number of hydrogen-bond acceptors (Lipinski definition) is 6. The smallest absolute Gasteiger partial charge is 0.417 e. The Hall–Kier alpha value is -3.91. The number of nitro groups is 1. The van der Waals surface area contributed by atoms with Crippen molar-refractivity contribution in [2.45, 2.75) is 0 Å². The lowest BCUT2D eigenvalue weighted by Crippen LogP contribution is -2.19. The second-order valence-corrected chi connectivity index (χ2v) is 6.40. The average Bonchev–Trinajstić information content (AvgIpc) is 2.74. The molecule has 0 radical (unpaired) electrons. The molecule has 0 spiro atoms. The summed E-state index contributed by atoms with van der Waals surface area (Å²) in [4.78, 5) is 34.6. The molecule has 0 aliphatic heterocycles. The molecule has 0 aliphatic rings. The number of amides is 1. The van der Waals surface area contributed by atoms with Crippen LogP contribution in [0.3, 0.4) is 0 Å². The number of esters is 1. The number of nitro benzene ring substituents is 1. The van der Waals surface area contributed by atoms with Crippen molar-refractivity contribution in [1.82, 2.24) is 0 Å². The van der Waals surface area contributed by atoms with E-state index >= 15 is 0 Å². The van der Waals surface area contributed by atoms with Gasteiger partial charge in [0.25, 0.3) is 5.69 Å². The number of halogens is 1. The summed E-state index contributed by atoms with van der Waals surface area (Å²) in [5.41, 5.74) is 1.52. The first-order valence-electron chi connectivity index (χ1n) is 8.59. The van der Waals surface area contributed by atoms with E-state index in [1.807, 2.05) is 6.07 Å². The van der Waals surface area contributed by atoms with Gasteiger partial charge in [-0.25, -0.2) is 9.59 Å². The number of benzene rings is 3. The number of rotatable bonds is 5. The molecule has 8 nitrogen and oxygen atoms in total. The minimum atomic E-state index is -0.884. The summed E-state index contributed by atoms with van der Waals surface area (Å²) in [5, 5.41) is 13.7. The Kier molecular flexibility index (Phi) is 6.29. The number of ether oxygens (including phenoxy) is 2. The first kappa shape index (κ1) is 20.8. The van der Waals surface area contributed by atoms with Gasteiger partial charge in [0, 0.05) is 22.7 Å². The average molecular weight is 427 g/mol. The van der Waals surface area contributed by atoms with Crippen molar-refractivity contribution >= 4 is 35.0 Å². The molecule has 3 aromatic rings. The molecule has 0 saturated carbocycles. The molecule has 0 aromatic heterocycles. The Morgan fingerprint density at radius 1 is 1.03 bits per heavy atom. The van der Waals surface area contributed by atoms with E-state index in [1.54, 1.807) is 30.3 Å². The summed E-state index contributed by atoms with van der Waals surface area (Å²) in [6.07, 6.45) is -0.884. The molecule has 0 bridgehead atoms. The van der Waals surface area contributed by atoms with Crippen LogP contribution in [0.4, 0.5) is 16.2 Å². The third-order valence-corrected chi connectivity index (χ3v) is 4.43. The third-order valence-electron chi connectivity index (χ3n) is 4.10. The molecule has 3 aromatic carbocycles. The number of hydrogen-bond donors (Lipinski definition) is 1. The van der Waals surface area contributed by atoms with Gasteiger partial charge in [0.1, 0.15) is 5.75 Å². The van der Waals surface area contributed by atoms with Crippen LogP contribution in [0.5, 0.6) is 5.75 Å². The molecular formula is C21H15ClN2O6. The van der Waals surface area contributed by atoms with Gasteiger partial charge in [-0.05, 0) is 35.9 Å². The van der Waals surface area contributed by atoms with Crippen LogP contribution < -0.4 is 10.1 Å². The SMILES string of the molecule is COC(=O)c1ccc(-c2ccccc2Cl)cc1NC(=O)Oc1ccc([N+](=O)[O-])cc1. The normalized spacial score (nSPS) is 10.2. The predicted molar refractivity (Wildman–Crippen MR) is 111 cm³/mol. The molecule has 1 N–H and O–H groups in total. The molecule has 152 valence electrons. The van der Waals surface area contributed by atoms with E-state index in [1.165, 1.54) is 37.4 Å². The molecule has 1 amide bonds. The summed E-state index contributed by atoms with van der Waals surface area (Å²) < 4.78 is 9.90. The maximum absolute atomic E-state index is 12.3. The van der Waals surface area contributed by atoms with Crippen LogP contribution in [0.2, 0.25) is 5.02 Å². The molecule has 30 heavy (non-hydrogen) atoms. The summed E-state index contributed by atoms with van der Waals surface area (Å²) in [5.74, 6) is -0.550. The maximum atomic E-state index is 12.3. The van der Waals surface area contributed by atoms with Crippen LogP contribution in [-0.4, -0.2) is 24.1 Å². The zero-order chi connectivity index (χ0) is 21.7. The molecule has 0 heterocycles. The van der Waals surface area contributed by atoms with Gasteiger partial charge in [-0.1, -0.05) is 35.9 Å². The van der Waals surface area contributed by atoms with Gasteiger partial charge in [-0.2, -0.15) is 0 Å². The van der Waals surface area contributed by atoms with Gasteiger partial charge in [0.15, 0.2) is 0 Å². The summed E-state index contributed by atoms with van der Waals surface area (Å²) >= 11 is 6.24. The van der Waals surface area contributed by atoms with Gasteiger partial charge >= 0.3 is 12.1 Å². The number of methoxy groups -OCH3 is 1. The van der Waals surface area contributed by atoms with Crippen molar-refractivity contribution in [1.29, 1.82) is 0 Å². The highest BCUT2D eigenvalue weighted by Crippen LogP contribution is 2.31. The molecule has 0 unspecified atom stereocenters. The molecule has 0 aliphatic carbocycles. The van der Waals surface area contributed by atoms with E-state index in [2.05, 4.69) is 5.32 Å². The van der Waals surface area contributed by atoms with E-state index in [0.29, 0.717) is 16.1 Å². The quantitative estimate of drug-likeness (QED) is 0.336. The Bertz CT molecular complexity index is 1110. The Labute approximate surface area is 176 Å². The summed E-state index contributed by atoms with van der Waals surface area (Å²) in [6, 6.07) is 16.9. The Morgan fingerprint density at radius 3 is 2.37 bits per heavy atom. The van der Waals surface area contributed by atoms with Crippen LogP contribution >= 0.6 is 11.6 Å². The largest absolute Gasteiger partial charge is 0.465 e. The number of nitrogens with zero attached hydrogens (tertiary/aromatic N) is 1. The van der Waals surface area contributed by atoms with Crippen LogP contribution in [0.25, 0.3) is 11.1 Å². The van der Waals surface area contributed by atoms with Crippen molar-refractivity contribution in [3.05, 3.63) is 87.4 Å². The third kappa shape index (κ3) is 4.73. The highest BCUT2D eigenvalue weighted by Gasteiger charge is 2.17. The lowest BCUT2D eigenvalue weighted by Gasteiger charge is -2.13. The zero-order valence-corrected chi connectivity index (χ0v) is 16.4. The monoisotopic (exact) mass is 426 g/mol. The van der Waals surface area contributed by atoms with Crippen molar-refractivity contribution in [2.75, 3.05) is 12.4 Å². The number of carbonyl (C=O) groups excluding carboxylic acids is 2. The Balaban J connectivity index is 1.87. The van der Waals surface area contributed by atoms with E-state index in [4.69, 9.17) is 21.1 Å². The van der Waals surface area contributed by atoms with Gasteiger partial charge in [-0.15, -0.1) is 0 Å². The lowest BCUT2D eigenvalue weighted by atomic mass is 10.0. The van der Waals surface area contributed by atoms with Crippen molar-refractivity contribution < 1.29 is 24.0 Å². The standard InChI is InChI=1S/C21H15ClN2O6/c1-29-20(25)17-11-6-13(16-4-2-3-5-18(16)22)12-19(17)23-21(26)30-15-9-7-14(8-10-15)24(27)28/h2-12H,1H3,(H,23,26). The Morgan fingerprint density at radius 2 is 1.73 bits per heavy atom. The molecule has 0 atom stereocenters. The van der Waals surface area contributed by atoms with Crippen molar-refractivity contribution in [3.63, 3.8) is 0 Å². The van der Waals surface area contributed by atoms with Gasteiger partial charge in [0.2, 0.25) is 0 Å². The maximum Gasteiger partial charge on any atom is 0.417 e. The summed E-state index contributed by atoms with van der Waals surface area (Å²) in [6.45, 7) is 0. The van der Waals surface area contributed by atoms with E-state index in [9.17, 15) is 19.7 Å². The fourth-order valence-corrected chi connectivity index (χ4v) is 2.92. The zero-order valence-electron chi connectivity index (χ0n) is 15.6. The molecular weight excluding hydrogens is 412 g/mol. The van der Waals surface area contributed by atoms with Crippen LogP contribution in [0, 0.1) is 10.1 Å². The number of carbonyl (C=O) groups is 2. The molecule has 0 saturated heterocycles. The fraction of sp³-hybridized carbons (Fsp3) is 0.0476. The fourth-order valence-electron chi connectivity index (χ4n) is 2.68. The molecule has 3 rings (SSSR count). The van der Waals surface area contributed by atoms with Gasteiger partial charge < -0.3 is 9.47 Å². The van der Waals surface area contributed by atoms with Crippen LogP contribution in [0.15, 0.2) is 66.7 Å². The van der Waals surface area contributed by atoms with E-state index in [-0.39, 0.29) is 22.7 Å². The predicted octanol–water partition coefficient (Wildman–Crippen LogP) is 5.31. The minimum absolute atomic E-state index is 0.0972. The van der Waals surface area contributed by atoms with Crippen LogP contribution in [-0.2, 0) is 4.74 Å². The van der Waals surface area contributed by atoms with E-state index in [0.717, 1.165) is 0 Å². The van der Waals surface area contributed by atoms with Crippen LogP contribution in [0.1, 0.15) is 10.4 Å². The topological polar surface area (TPSA) is 108 Å². The number of non-ortho nitro benzene ring substituents is 1. The van der Waals surface area contributed by atoms with Gasteiger partial charge in [-0.3, -0.25) is 15.4 Å². The molecule has 9 heteroatoms. The second kappa shape index (κ2) is 9.06. The van der Waals surface area contributed by atoms with Crippen molar-refractivity contribution in [3.8, 4) is 16.9 Å². The number of anilines is 1. The second-order valence-electron chi connectivity index (χ2n) is 6.00. The molecule has 0 fully saturated rings.